The van der Waals surface area contributed by atoms with Crippen molar-refractivity contribution in [3.63, 3.8) is 0 Å². The molecule has 3 nitrogen and oxygen atoms in total. The SMILES string of the molecule is CCN1CCC(c2c[nH]c(=O)c3ccccc23)CC1. The Morgan fingerprint density at radius 3 is 2.58 bits per heavy atom. The van der Waals surface area contributed by atoms with Crippen LogP contribution >= 0.6 is 0 Å². The molecule has 0 saturated carbocycles. The molecule has 1 aromatic heterocycles. The molecule has 1 fully saturated rings. The molecule has 2 aromatic rings. The van der Waals surface area contributed by atoms with Crippen molar-refractivity contribution in [1.82, 2.24) is 9.88 Å². The van der Waals surface area contributed by atoms with Crippen molar-refractivity contribution in [1.29, 1.82) is 0 Å². The predicted octanol–water partition coefficient (Wildman–Crippen LogP) is 2.73. The first-order chi connectivity index (χ1) is 9.29. The summed E-state index contributed by atoms with van der Waals surface area (Å²) in [4.78, 5) is 17.2. The van der Waals surface area contributed by atoms with Crippen LogP contribution in [0.2, 0.25) is 0 Å². The van der Waals surface area contributed by atoms with Crippen LogP contribution in [0.4, 0.5) is 0 Å². The predicted molar refractivity (Wildman–Crippen MR) is 78.7 cm³/mol. The van der Waals surface area contributed by atoms with Crippen molar-refractivity contribution in [2.75, 3.05) is 19.6 Å². The summed E-state index contributed by atoms with van der Waals surface area (Å²) in [6.45, 7) is 5.68. The summed E-state index contributed by atoms with van der Waals surface area (Å²) >= 11 is 0. The van der Waals surface area contributed by atoms with Crippen LogP contribution in [0.1, 0.15) is 31.2 Å². The standard InChI is InChI=1S/C16H20N2O/c1-2-18-9-7-12(8-10-18)15-11-17-16(19)14-6-4-3-5-13(14)15/h3-6,11-12H,2,7-10H2,1H3,(H,17,19). The van der Waals surface area contributed by atoms with Crippen LogP contribution in [-0.2, 0) is 0 Å². The number of hydrogen-bond acceptors (Lipinski definition) is 2. The zero-order valence-corrected chi connectivity index (χ0v) is 11.4. The van der Waals surface area contributed by atoms with E-state index in [1.165, 1.54) is 18.4 Å². The number of benzene rings is 1. The molecule has 2 heterocycles. The average Bonchev–Trinajstić information content (AvgIpc) is 2.48. The van der Waals surface area contributed by atoms with E-state index in [1.54, 1.807) is 0 Å². The normalized spacial score (nSPS) is 17.9. The fourth-order valence-corrected chi connectivity index (χ4v) is 3.13. The van der Waals surface area contributed by atoms with Crippen LogP contribution in [0.25, 0.3) is 10.8 Å². The van der Waals surface area contributed by atoms with E-state index < -0.39 is 0 Å². The topological polar surface area (TPSA) is 36.1 Å². The van der Waals surface area contributed by atoms with Gasteiger partial charge in [0.25, 0.3) is 5.56 Å². The lowest BCUT2D eigenvalue weighted by Crippen LogP contribution is -2.32. The van der Waals surface area contributed by atoms with Gasteiger partial charge in [0, 0.05) is 11.6 Å². The van der Waals surface area contributed by atoms with Crippen LogP contribution in [-0.4, -0.2) is 29.5 Å². The first-order valence-corrected chi connectivity index (χ1v) is 7.12. The molecule has 1 aliphatic rings. The van der Waals surface area contributed by atoms with E-state index in [4.69, 9.17) is 0 Å². The number of pyridine rings is 1. The van der Waals surface area contributed by atoms with Crippen LogP contribution in [0, 0.1) is 0 Å². The molecule has 1 N–H and O–H groups in total. The highest BCUT2D eigenvalue weighted by Crippen LogP contribution is 2.31. The molecule has 0 atom stereocenters. The lowest BCUT2D eigenvalue weighted by atomic mass is 9.87. The van der Waals surface area contributed by atoms with E-state index >= 15 is 0 Å². The fourth-order valence-electron chi connectivity index (χ4n) is 3.13. The van der Waals surface area contributed by atoms with Gasteiger partial charge in [-0.2, -0.15) is 0 Å². The van der Waals surface area contributed by atoms with Crippen LogP contribution < -0.4 is 5.56 Å². The summed E-state index contributed by atoms with van der Waals surface area (Å²) in [7, 11) is 0. The van der Waals surface area contributed by atoms with Gasteiger partial charge in [0.05, 0.1) is 0 Å². The summed E-state index contributed by atoms with van der Waals surface area (Å²) < 4.78 is 0. The average molecular weight is 256 g/mol. The van der Waals surface area contributed by atoms with Crippen molar-refractivity contribution >= 4 is 10.8 Å². The lowest BCUT2D eigenvalue weighted by Gasteiger charge is -2.31. The molecule has 1 aromatic carbocycles. The molecule has 0 spiro atoms. The summed E-state index contributed by atoms with van der Waals surface area (Å²) in [5, 5.41) is 1.94. The van der Waals surface area contributed by atoms with E-state index in [-0.39, 0.29) is 5.56 Å². The molecule has 1 aliphatic heterocycles. The van der Waals surface area contributed by atoms with Crippen LogP contribution in [0.15, 0.2) is 35.3 Å². The Hall–Kier alpha value is -1.61. The van der Waals surface area contributed by atoms with E-state index in [2.05, 4.69) is 22.9 Å². The molecule has 3 heteroatoms. The first-order valence-electron chi connectivity index (χ1n) is 7.12. The summed E-state index contributed by atoms with van der Waals surface area (Å²) in [6, 6.07) is 7.94. The zero-order valence-electron chi connectivity index (χ0n) is 11.4. The van der Waals surface area contributed by atoms with Gasteiger partial charge in [-0.25, -0.2) is 0 Å². The number of fused-ring (bicyclic) bond motifs is 1. The van der Waals surface area contributed by atoms with Gasteiger partial charge in [-0.15, -0.1) is 0 Å². The first kappa shape index (κ1) is 12.4. The van der Waals surface area contributed by atoms with E-state index in [0.717, 1.165) is 30.4 Å². The van der Waals surface area contributed by atoms with Gasteiger partial charge in [0.15, 0.2) is 0 Å². The number of aromatic nitrogens is 1. The minimum absolute atomic E-state index is 0.0188. The third-order valence-corrected chi connectivity index (χ3v) is 4.32. The Balaban J connectivity index is 1.98. The highest BCUT2D eigenvalue weighted by molar-refractivity contribution is 5.85. The third-order valence-electron chi connectivity index (χ3n) is 4.32. The van der Waals surface area contributed by atoms with Gasteiger partial charge in [-0.3, -0.25) is 4.79 Å². The highest BCUT2D eigenvalue weighted by atomic mass is 16.1. The van der Waals surface area contributed by atoms with Crippen molar-refractivity contribution < 1.29 is 0 Å². The summed E-state index contributed by atoms with van der Waals surface area (Å²) in [5.41, 5.74) is 1.33. The molecule has 0 bridgehead atoms. The summed E-state index contributed by atoms with van der Waals surface area (Å²) in [5.74, 6) is 0.574. The van der Waals surface area contributed by atoms with E-state index in [0.29, 0.717) is 5.92 Å². The van der Waals surface area contributed by atoms with Crippen molar-refractivity contribution in [3.8, 4) is 0 Å². The second-order valence-corrected chi connectivity index (χ2v) is 5.33. The Bertz CT molecular complexity index is 624. The number of likely N-dealkylation sites (tertiary alicyclic amines) is 1. The van der Waals surface area contributed by atoms with Gasteiger partial charge in [0.2, 0.25) is 0 Å². The smallest absolute Gasteiger partial charge is 0.255 e. The van der Waals surface area contributed by atoms with Gasteiger partial charge < -0.3 is 9.88 Å². The van der Waals surface area contributed by atoms with Gasteiger partial charge in [-0.1, -0.05) is 25.1 Å². The van der Waals surface area contributed by atoms with E-state index in [1.807, 2.05) is 24.4 Å². The molecular weight excluding hydrogens is 236 g/mol. The van der Waals surface area contributed by atoms with Crippen LogP contribution in [0.3, 0.4) is 0 Å². The van der Waals surface area contributed by atoms with E-state index in [9.17, 15) is 4.79 Å². The molecule has 1 saturated heterocycles. The number of H-pyrrole nitrogens is 1. The third kappa shape index (κ3) is 2.30. The zero-order chi connectivity index (χ0) is 13.2. The minimum Gasteiger partial charge on any atom is -0.328 e. The molecular formula is C16H20N2O. The molecule has 0 amide bonds. The van der Waals surface area contributed by atoms with Crippen molar-refractivity contribution in [3.05, 3.63) is 46.4 Å². The number of hydrogen-bond donors (Lipinski definition) is 1. The number of aromatic amines is 1. The monoisotopic (exact) mass is 256 g/mol. The Kier molecular flexibility index (Phi) is 3.38. The Morgan fingerprint density at radius 2 is 1.89 bits per heavy atom. The Labute approximate surface area is 113 Å². The molecule has 0 unspecified atom stereocenters. The number of nitrogens with zero attached hydrogens (tertiary/aromatic N) is 1. The highest BCUT2D eigenvalue weighted by Gasteiger charge is 2.21. The number of rotatable bonds is 2. The molecule has 0 aliphatic carbocycles. The maximum atomic E-state index is 11.8. The number of nitrogens with one attached hydrogen (secondary N) is 1. The maximum Gasteiger partial charge on any atom is 0.255 e. The molecule has 3 rings (SSSR count). The van der Waals surface area contributed by atoms with Gasteiger partial charge in [-0.05, 0) is 55.4 Å². The number of piperidine rings is 1. The van der Waals surface area contributed by atoms with Gasteiger partial charge in [0.1, 0.15) is 0 Å². The largest absolute Gasteiger partial charge is 0.328 e. The maximum absolute atomic E-state index is 11.8. The molecule has 19 heavy (non-hydrogen) atoms. The second-order valence-electron chi connectivity index (χ2n) is 5.33. The lowest BCUT2D eigenvalue weighted by molar-refractivity contribution is 0.223. The minimum atomic E-state index is 0.0188. The quantitative estimate of drug-likeness (QED) is 0.897. The molecule has 100 valence electrons. The Morgan fingerprint density at radius 1 is 1.21 bits per heavy atom. The van der Waals surface area contributed by atoms with Gasteiger partial charge >= 0.3 is 0 Å². The molecule has 0 radical (unpaired) electrons. The van der Waals surface area contributed by atoms with Crippen molar-refractivity contribution in [2.24, 2.45) is 0 Å². The second kappa shape index (κ2) is 5.17. The van der Waals surface area contributed by atoms with Crippen LogP contribution in [0.5, 0.6) is 0 Å². The fraction of sp³-hybridized carbons (Fsp3) is 0.438. The summed E-state index contributed by atoms with van der Waals surface area (Å²) in [6.07, 6.45) is 4.30. The van der Waals surface area contributed by atoms with Crippen molar-refractivity contribution in [2.45, 2.75) is 25.7 Å².